The molecule has 1 aliphatic rings. The van der Waals surface area contributed by atoms with E-state index < -0.39 is 0 Å². The molecule has 0 radical (unpaired) electrons. The van der Waals surface area contributed by atoms with E-state index in [1.807, 2.05) is 7.05 Å². The Balaban J connectivity index is 1.79. The molecule has 0 bridgehead atoms. The summed E-state index contributed by atoms with van der Waals surface area (Å²) in [6.07, 6.45) is 2.60. The Kier molecular flexibility index (Phi) is 5.37. The summed E-state index contributed by atoms with van der Waals surface area (Å²) < 4.78 is 0. The Morgan fingerprint density at radius 2 is 1.95 bits per heavy atom. The third-order valence-corrected chi connectivity index (χ3v) is 3.77. The minimum atomic E-state index is 0.968. The first-order chi connectivity index (χ1) is 9.19. The van der Waals surface area contributed by atoms with E-state index in [9.17, 15) is 0 Å². The zero-order valence-electron chi connectivity index (χ0n) is 12.6. The van der Waals surface area contributed by atoms with Crippen LogP contribution in [0.15, 0.2) is 18.2 Å². The summed E-state index contributed by atoms with van der Waals surface area (Å²) >= 11 is 0. The molecule has 3 heteroatoms. The molecule has 2 rings (SSSR count). The van der Waals surface area contributed by atoms with E-state index in [4.69, 9.17) is 0 Å². The van der Waals surface area contributed by atoms with Gasteiger partial charge in [0.2, 0.25) is 0 Å². The predicted octanol–water partition coefficient (Wildman–Crippen LogP) is 2.06. The number of nitrogens with zero attached hydrogens (tertiary/aromatic N) is 2. The zero-order chi connectivity index (χ0) is 13.7. The van der Waals surface area contributed by atoms with Crippen LogP contribution in [0.5, 0.6) is 0 Å². The maximum Gasteiger partial charge on any atom is 0.0240 e. The van der Waals surface area contributed by atoms with Gasteiger partial charge in [0.25, 0.3) is 0 Å². The summed E-state index contributed by atoms with van der Waals surface area (Å²) in [4.78, 5) is 4.84. The van der Waals surface area contributed by atoms with E-state index in [0.29, 0.717) is 0 Å². The summed E-state index contributed by atoms with van der Waals surface area (Å²) in [6, 6.07) is 6.93. The predicted molar refractivity (Wildman–Crippen MR) is 81.1 cm³/mol. The van der Waals surface area contributed by atoms with Crippen LogP contribution in [0.25, 0.3) is 0 Å². The van der Waals surface area contributed by atoms with Gasteiger partial charge in [-0.1, -0.05) is 18.2 Å². The number of nitrogens with one attached hydrogen (secondary N) is 1. The minimum Gasteiger partial charge on any atom is -0.316 e. The Bertz CT molecular complexity index is 401. The van der Waals surface area contributed by atoms with Crippen LogP contribution in [-0.2, 0) is 19.6 Å². The van der Waals surface area contributed by atoms with Gasteiger partial charge in [-0.3, -0.25) is 4.90 Å². The molecule has 0 atom stereocenters. The van der Waals surface area contributed by atoms with E-state index in [1.165, 1.54) is 42.6 Å². The van der Waals surface area contributed by atoms with Crippen molar-refractivity contribution in [1.29, 1.82) is 0 Å². The Morgan fingerprint density at radius 3 is 2.68 bits per heavy atom. The van der Waals surface area contributed by atoms with Gasteiger partial charge in [0.05, 0.1) is 0 Å². The fourth-order valence-corrected chi connectivity index (χ4v) is 2.75. The van der Waals surface area contributed by atoms with E-state index in [0.717, 1.165) is 19.6 Å². The molecule has 0 unspecified atom stereocenters. The Hall–Kier alpha value is -0.900. The van der Waals surface area contributed by atoms with Crippen molar-refractivity contribution in [1.82, 2.24) is 15.1 Å². The SMILES string of the molecule is CNCc1ccc2c(c1)CN(CCCCN(C)C)C2. The third kappa shape index (κ3) is 4.30. The fraction of sp³-hybridized carbons (Fsp3) is 0.625. The standard InChI is InChI=1S/C16H27N3/c1-17-11-14-6-7-15-12-19(13-16(15)10-14)9-5-4-8-18(2)3/h6-7,10,17H,4-5,8-9,11-13H2,1-3H3. The number of unbranched alkanes of at least 4 members (excludes halogenated alkanes) is 1. The lowest BCUT2D eigenvalue weighted by molar-refractivity contribution is 0.270. The van der Waals surface area contributed by atoms with Crippen molar-refractivity contribution in [2.24, 2.45) is 0 Å². The van der Waals surface area contributed by atoms with Crippen molar-refractivity contribution in [3.05, 3.63) is 34.9 Å². The highest BCUT2D eigenvalue weighted by molar-refractivity contribution is 5.34. The molecule has 0 aliphatic carbocycles. The number of benzene rings is 1. The molecular formula is C16H27N3. The monoisotopic (exact) mass is 261 g/mol. The van der Waals surface area contributed by atoms with Crippen molar-refractivity contribution in [3.8, 4) is 0 Å². The summed E-state index contributed by atoms with van der Waals surface area (Å²) in [5, 5.41) is 3.22. The third-order valence-electron chi connectivity index (χ3n) is 3.77. The molecular weight excluding hydrogens is 234 g/mol. The molecule has 1 N–H and O–H groups in total. The molecule has 19 heavy (non-hydrogen) atoms. The van der Waals surface area contributed by atoms with Gasteiger partial charge in [-0.25, -0.2) is 0 Å². The highest BCUT2D eigenvalue weighted by Gasteiger charge is 2.18. The average molecular weight is 261 g/mol. The lowest BCUT2D eigenvalue weighted by Crippen LogP contribution is -2.19. The maximum atomic E-state index is 3.22. The van der Waals surface area contributed by atoms with Crippen LogP contribution in [0.3, 0.4) is 0 Å². The summed E-state index contributed by atoms with van der Waals surface area (Å²) in [5.41, 5.74) is 4.45. The van der Waals surface area contributed by atoms with Gasteiger partial charge in [0, 0.05) is 19.6 Å². The number of rotatable bonds is 7. The van der Waals surface area contributed by atoms with Gasteiger partial charge in [0.15, 0.2) is 0 Å². The minimum absolute atomic E-state index is 0.968. The van der Waals surface area contributed by atoms with Crippen LogP contribution < -0.4 is 5.32 Å². The molecule has 3 nitrogen and oxygen atoms in total. The Labute approximate surface area is 117 Å². The topological polar surface area (TPSA) is 18.5 Å². The van der Waals surface area contributed by atoms with E-state index in [-0.39, 0.29) is 0 Å². The second-order valence-corrected chi connectivity index (χ2v) is 5.85. The lowest BCUT2D eigenvalue weighted by atomic mass is 10.1. The van der Waals surface area contributed by atoms with Crippen LogP contribution in [0.2, 0.25) is 0 Å². The molecule has 0 fully saturated rings. The van der Waals surface area contributed by atoms with Crippen LogP contribution in [0.1, 0.15) is 29.5 Å². The van der Waals surface area contributed by atoms with E-state index in [1.54, 1.807) is 0 Å². The molecule has 0 saturated heterocycles. The molecule has 1 aromatic carbocycles. The van der Waals surface area contributed by atoms with Gasteiger partial charge in [-0.15, -0.1) is 0 Å². The van der Waals surface area contributed by atoms with Crippen LogP contribution in [0.4, 0.5) is 0 Å². The van der Waals surface area contributed by atoms with Crippen molar-refractivity contribution in [3.63, 3.8) is 0 Å². The molecule has 1 heterocycles. The first-order valence-electron chi connectivity index (χ1n) is 7.31. The van der Waals surface area contributed by atoms with Gasteiger partial charge >= 0.3 is 0 Å². The summed E-state index contributed by atoms with van der Waals surface area (Å²) in [7, 11) is 6.30. The number of hydrogen-bond donors (Lipinski definition) is 1. The zero-order valence-corrected chi connectivity index (χ0v) is 12.6. The highest BCUT2D eigenvalue weighted by atomic mass is 15.1. The van der Waals surface area contributed by atoms with Crippen molar-refractivity contribution in [2.75, 3.05) is 34.2 Å². The van der Waals surface area contributed by atoms with Crippen LogP contribution in [-0.4, -0.2) is 44.0 Å². The van der Waals surface area contributed by atoms with E-state index >= 15 is 0 Å². The van der Waals surface area contributed by atoms with Gasteiger partial charge in [0.1, 0.15) is 0 Å². The summed E-state index contributed by atoms with van der Waals surface area (Å²) in [5.74, 6) is 0. The highest BCUT2D eigenvalue weighted by Crippen LogP contribution is 2.24. The fourth-order valence-electron chi connectivity index (χ4n) is 2.75. The smallest absolute Gasteiger partial charge is 0.0240 e. The first kappa shape index (κ1) is 14.5. The molecule has 0 saturated carbocycles. The second-order valence-electron chi connectivity index (χ2n) is 5.85. The molecule has 106 valence electrons. The normalized spacial score (nSPS) is 15.2. The number of hydrogen-bond acceptors (Lipinski definition) is 3. The van der Waals surface area contributed by atoms with Crippen LogP contribution >= 0.6 is 0 Å². The average Bonchev–Trinajstić information content (AvgIpc) is 2.77. The quantitative estimate of drug-likeness (QED) is 0.758. The van der Waals surface area contributed by atoms with Crippen molar-refractivity contribution in [2.45, 2.75) is 32.5 Å². The molecule has 1 aromatic rings. The van der Waals surface area contributed by atoms with Crippen molar-refractivity contribution >= 4 is 0 Å². The van der Waals surface area contributed by atoms with Gasteiger partial charge in [-0.2, -0.15) is 0 Å². The second kappa shape index (κ2) is 7.04. The molecule has 0 spiro atoms. The molecule has 0 amide bonds. The van der Waals surface area contributed by atoms with Crippen molar-refractivity contribution < 1.29 is 0 Å². The number of fused-ring (bicyclic) bond motifs is 1. The molecule has 1 aliphatic heterocycles. The molecule has 0 aromatic heterocycles. The van der Waals surface area contributed by atoms with Gasteiger partial charge in [-0.05, 0) is 63.8 Å². The van der Waals surface area contributed by atoms with Crippen LogP contribution in [0, 0.1) is 0 Å². The Morgan fingerprint density at radius 1 is 1.16 bits per heavy atom. The maximum absolute atomic E-state index is 3.22. The van der Waals surface area contributed by atoms with Gasteiger partial charge < -0.3 is 10.2 Å². The largest absolute Gasteiger partial charge is 0.316 e. The lowest BCUT2D eigenvalue weighted by Gasteiger charge is -2.15. The van der Waals surface area contributed by atoms with E-state index in [2.05, 4.69) is 47.4 Å². The first-order valence-corrected chi connectivity index (χ1v) is 7.31. The summed E-state index contributed by atoms with van der Waals surface area (Å²) in [6.45, 7) is 5.67.